The third-order valence-corrected chi connectivity index (χ3v) is 3.42. The summed E-state index contributed by atoms with van der Waals surface area (Å²) in [5.41, 5.74) is 1.09. The Morgan fingerprint density at radius 2 is 2.40 bits per heavy atom. The number of hydrogen-bond acceptors (Lipinski definition) is 4. The summed E-state index contributed by atoms with van der Waals surface area (Å²) < 4.78 is 5.74. The van der Waals surface area contributed by atoms with Crippen molar-refractivity contribution in [3.63, 3.8) is 0 Å². The summed E-state index contributed by atoms with van der Waals surface area (Å²) in [7, 11) is 0. The predicted molar refractivity (Wildman–Crippen MR) is 64.0 cm³/mol. The Morgan fingerprint density at radius 1 is 1.67 bits per heavy atom. The zero-order valence-electron chi connectivity index (χ0n) is 8.62. The predicted octanol–water partition coefficient (Wildman–Crippen LogP) is 2.81. The highest BCUT2D eigenvalue weighted by Crippen LogP contribution is 2.25. The molecule has 0 radical (unpaired) electrons. The van der Waals surface area contributed by atoms with E-state index in [1.165, 1.54) is 11.8 Å². The molecule has 3 nitrogen and oxygen atoms in total. The lowest BCUT2D eigenvalue weighted by Crippen LogP contribution is -2.06. The van der Waals surface area contributed by atoms with Crippen LogP contribution < -0.4 is 0 Å². The van der Waals surface area contributed by atoms with Gasteiger partial charge in [0.2, 0.25) is 0 Å². The number of rotatable bonds is 4. The number of aryl methyl sites for hydroxylation is 1. The van der Waals surface area contributed by atoms with Gasteiger partial charge >= 0.3 is 5.97 Å². The van der Waals surface area contributed by atoms with E-state index in [4.69, 9.17) is 4.74 Å². The lowest BCUT2D eigenvalue weighted by atomic mass is 10.3. The van der Waals surface area contributed by atoms with Gasteiger partial charge in [0.05, 0.1) is 16.8 Å². The maximum atomic E-state index is 11.1. The minimum atomic E-state index is -0.211. The molecule has 0 fully saturated rings. The van der Waals surface area contributed by atoms with Gasteiger partial charge in [0, 0.05) is 6.20 Å². The summed E-state index contributed by atoms with van der Waals surface area (Å²) in [5, 5.41) is 0.814. The van der Waals surface area contributed by atoms with Gasteiger partial charge in [-0.1, -0.05) is 11.8 Å². The second-order valence-electron chi connectivity index (χ2n) is 2.89. The molecular formula is C10H12BrNO2S. The quantitative estimate of drug-likeness (QED) is 0.631. The van der Waals surface area contributed by atoms with Crippen LogP contribution in [0.1, 0.15) is 12.5 Å². The Kier molecular flexibility index (Phi) is 5.11. The SMILES string of the molecule is CCOC(=O)CSc1ncc(C)cc1Br. The average molecular weight is 290 g/mol. The molecule has 0 aliphatic rings. The smallest absolute Gasteiger partial charge is 0.316 e. The number of thioether (sulfide) groups is 1. The average Bonchev–Trinajstić information content (AvgIpc) is 2.17. The summed E-state index contributed by atoms with van der Waals surface area (Å²) in [4.78, 5) is 15.3. The topological polar surface area (TPSA) is 39.2 Å². The van der Waals surface area contributed by atoms with Crippen molar-refractivity contribution >= 4 is 33.7 Å². The van der Waals surface area contributed by atoms with Crippen LogP contribution in [0.3, 0.4) is 0 Å². The van der Waals surface area contributed by atoms with Gasteiger partial charge in [0.1, 0.15) is 5.03 Å². The second-order valence-corrected chi connectivity index (χ2v) is 4.71. The molecule has 1 aromatic heterocycles. The minimum Gasteiger partial charge on any atom is -0.465 e. The number of esters is 1. The lowest BCUT2D eigenvalue weighted by molar-refractivity contribution is -0.139. The Hall–Kier alpha value is -0.550. The number of ether oxygens (including phenoxy) is 1. The van der Waals surface area contributed by atoms with E-state index in [1.54, 1.807) is 13.1 Å². The Balaban J connectivity index is 2.54. The van der Waals surface area contributed by atoms with Crippen molar-refractivity contribution < 1.29 is 9.53 Å². The highest BCUT2D eigenvalue weighted by atomic mass is 79.9. The molecule has 5 heteroatoms. The van der Waals surface area contributed by atoms with Gasteiger partial charge in [-0.15, -0.1) is 0 Å². The first-order chi connectivity index (χ1) is 7.13. The number of carbonyl (C=O) groups is 1. The van der Waals surface area contributed by atoms with Gasteiger partial charge in [-0.05, 0) is 41.4 Å². The molecule has 1 aromatic rings. The van der Waals surface area contributed by atoms with E-state index in [9.17, 15) is 4.79 Å². The number of carbonyl (C=O) groups excluding carboxylic acids is 1. The first kappa shape index (κ1) is 12.5. The summed E-state index contributed by atoms with van der Waals surface area (Å²) >= 11 is 4.77. The van der Waals surface area contributed by atoms with Gasteiger partial charge in [-0.3, -0.25) is 4.79 Å². The van der Waals surface area contributed by atoms with Crippen molar-refractivity contribution in [2.45, 2.75) is 18.9 Å². The summed E-state index contributed by atoms with van der Waals surface area (Å²) in [6, 6.07) is 1.97. The second kappa shape index (κ2) is 6.12. The van der Waals surface area contributed by atoms with E-state index in [0.29, 0.717) is 12.4 Å². The van der Waals surface area contributed by atoms with Crippen molar-refractivity contribution in [3.8, 4) is 0 Å². The number of pyridine rings is 1. The van der Waals surface area contributed by atoms with Crippen LogP contribution in [0.5, 0.6) is 0 Å². The molecule has 0 unspecified atom stereocenters. The first-order valence-corrected chi connectivity index (χ1v) is 6.32. The highest BCUT2D eigenvalue weighted by molar-refractivity contribution is 9.10. The third-order valence-electron chi connectivity index (χ3n) is 1.58. The van der Waals surface area contributed by atoms with Crippen LogP contribution in [0.25, 0.3) is 0 Å². The molecule has 0 saturated carbocycles. The minimum absolute atomic E-state index is 0.211. The standard InChI is InChI=1S/C10H12BrNO2S/c1-3-14-9(13)6-15-10-8(11)4-7(2)5-12-10/h4-5H,3,6H2,1-2H3. The van der Waals surface area contributed by atoms with Gasteiger partial charge in [0.25, 0.3) is 0 Å². The largest absolute Gasteiger partial charge is 0.465 e. The van der Waals surface area contributed by atoms with Crippen LogP contribution in [0.4, 0.5) is 0 Å². The molecular weight excluding hydrogens is 278 g/mol. The van der Waals surface area contributed by atoms with Crippen LogP contribution in [-0.2, 0) is 9.53 Å². The highest BCUT2D eigenvalue weighted by Gasteiger charge is 2.07. The van der Waals surface area contributed by atoms with E-state index < -0.39 is 0 Å². The molecule has 0 aliphatic heterocycles. The zero-order chi connectivity index (χ0) is 11.3. The van der Waals surface area contributed by atoms with Crippen LogP contribution in [-0.4, -0.2) is 23.3 Å². The van der Waals surface area contributed by atoms with E-state index in [0.717, 1.165) is 15.1 Å². The fourth-order valence-corrected chi connectivity index (χ4v) is 2.43. The summed E-state index contributed by atoms with van der Waals surface area (Å²) in [6.07, 6.45) is 1.78. The maximum Gasteiger partial charge on any atom is 0.316 e. The first-order valence-electron chi connectivity index (χ1n) is 4.54. The molecule has 0 spiro atoms. The van der Waals surface area contributed by atoms with Crippen LogP contribution in [0, 0.1) is 6.92 Å². The molecule has 0 aromatic carbocycles. The molecule has 0 aliphatic carbocycles. The molecule has 0 saturated heterocycles. The molecule has 0 N–H and O–H groups in total. The van der Waals surface area contributed by atoms with E-state index in [2.05, 4.69) is 20.9 Å². The molecule has 0 amide bonds. The molecule has 15 heavy (non-hydrogen) atoms. The summed E-state index contributed by atoms with van der Waals surface area (Å²) in [6.45, 7) is 4.18. The fraction of sp³-hybridized carbons (Fsp3) is 0.400. The van der Waals surface area contributed by atoms with E-state index in [1.807, 2.05) is 13.0 Å². The lowest BCUT2D eigenvalue weighted by Gasteiger charge is -2.03. The van der Waals surface area contributed by atoms with Gasteiger partial charge in [-0.2, -0.15) is 0 Å². The van der Waals surface area contributed by atoms with E-state index in [-0.39, 0.29) is 5.97 Å². The molecule has 0 bridgehead atoms. The number of hydrogen-bond donors (Lipinski definition) is 0. The number of aromatic nitrogens is 1. The molecule has 1 rings (SSSR count). The Bertz CT molecular complexity index is 357. The van der Waals surface area contributed by atoms with Crippen molar-refractivity contribution in [1.29, 1.82) is 0 Å². The van der Waals surface area contributed by atoms with Crippen molar-refractivity contribution in [2.75, 3.05) is 12.4 Å². The third kappa shape index (κ3) is 4.22. The van der Waals surface area contributed by atoms with Gasteiger partial charge in [-0.25, -0.2) is 4.98 Å². The Labute approximate surface area is 102 Å². The van der Waals surface area contributed by atoms with E-state index >= 15 is 0 Å². The molecule has 1 heterocycles. The van der Waals surface area contributed by atoms with Crippen LogP contribution in [0.15, 0.2) is 21.8 Å². The van der Waals surface area contributed by atoms with Crippen LogP contribution in [0.2, 0.25) is 0 Å². The zero-order valence-corrected chi connectivity index (χ0v) is 11.0. The van der Waals surface area contributed by atoms with Crippen molar-refractivity contribution in [2.24, 2.45) is 0 Å². The fourth-order valence-electron chi connectivity index (χ4n) is 0.957. The normalized spacial score (nSPS) is 10.1. The monoisotopic (exact) mass is 289 g/mol. The van der Waals surface area contributed by atoms with Crippen LogP contribution >= 0.6 is 27.7 Å². The number of halogens is 1. The molecule has 82 valence electrons. The van der Waals surface area contributed by atoms with Gasteiger partial charge in [0.15, 0.2) is 0 Å². The summed E-state index contributed by atoms with van der Waals surface area (Å²) in [5.74, 6) is 0.0828. The molecule has 0 atom stereocenters. The number of nitrogens with zero attached hydrogens (tertiary/aromatic N) is 1. The van der Waals surface area contributed by atoms with Gasteiger partial charge < -0.3 is 4.74 Å². The van der Waals surface area contributed by atoms with Crippen molar-refractivity contribution in [3.05, 3.63) is 22.3 Å². The maximum absolute atomic E-state index is 11.1. The Morgan fingerprint density at radius 3 is 3.00 bits per heavy atom. The van der Waals surface area contributed by atoms with Crippen molar-refractivity contribution in [1.82, 2.24) is 4.98 Å².